The largest absolute Gasteiger partial charge is 0.452 e. The third-order valence-corrected chi connectivity index (χ3v) is 3.73. The molecule has 0 radical (unpaired) electrons. The van der Waals surface area contributed by atoms with Crippen LogP contribution in [0.1, 0.15) is 15.2 Å². The van der Waals surface area contributed by atoms with E-state index in [1.165, 1.54) is 17.6 Å². The molecular formula is C11H9Cl2NO2S. The van der Waals surface area contributed by atoms with Gasteiger partial charge in [-0.2, -0.15) is 0 Å². The molecule has 0 aliphatic rings. The fourth-order valence-electron chi connectivity index (χ4n) is 1.34. The molecule has 0 spiro atoms. The van der Waals surface area contributed by atoms with Crippen molar-refractivity contribution in [3.8, 4) is 0 Å². The number of carbonyl (C=O) groups excluding carboxylic acids is 1. The fourth-order valence-corrected chi connectivity index (χ4v) is 2.62. The van der Waals surface area contributed by atoms with E-state index in [-0.39, 0.29) is 11.1 Å². The van der Waals surface area contributed by atoms with Crippen LogP contribution in [0.5, 0.6) is 0 Å². The van der Waals surface area contributed by atoms with Gasteiger partial charge < -0.3 is 9.73 Å². The van der Waals surface area contributed by atoms with Gasteiger partial charge in [0.15, 0.2) is 0 Å². The first-order valence-corrected chi connectivity index (χ1v) is 6.49. The van der Waals surface area contributed by atoms with E-state index >= 15 is 0 Å². The van der Waals surface area contributed by atoms with Crippen LogP contribution in [0, 0.1) is 0 Å². The van der Waals surface area contributed by atoms with E-state index in [0.717, 1.165) is 15.6 Å². The summed E-state index contributed by atoms with van der Waals surface area (Å²) in [5, 5.41) is 2.88. The van der Waals surface area contributed by atoms with Crippen molar-refractivity contribution in [2.24, 2.45) is 0 Å². The molecular weight excluding hydrogens is 281 g/mol. The number of amides is 1. The van der Waals surface area contributed by atoms with Crippen molar-refractivity contribution in [1.29, 1.82) is 0 Å². The van der Waals surface area contributed by atoms with Crippen LogP contribution in [0.2, 0.25) is 9.56 Å². The van der Waals surface area contributed by atoms with E-state index in [1.807, 2.05) is 12.1 Å². The van der Waals surface area contributed by atoms with Crippen LogP contribution < -0.4 is 5.32 Å². The predicted molar refractivity (Wildman–Crippen MR) is 69.1 cm³/mol. The Balaban J connectivity index is 1.83. The number of carbonyl (C=O) groups is 1. The average molecular weight is 290 g/mol. The zero-order chi connectivity index (χ0) is 12.3. The van der Waals surface area contributed by atoms with Gasteiger partial charge >= 0.3 is 0 Å². The van der Waals surface area contributed by atoms with Crippen molar-refractivity contribution in [2.75, 3.05) is 6.54 Å². The van der Waals surface area contributed by atoms with Gasteiger partial charge in [0.2, 0.25) is 5.22 Å². The van der Waals surface area contributed by atoms with Gasteiger partial charge in [0, 0.05) is 11.4 Å². The van der Waals surface area contributed by atoms with Gasteiger partial charge in [-0.25, -0.2) is 0 Å². The molecule has 0 atom stereocenters. The first kappa shape index (κ1) is 12.5. The second-order valence-electron chi connectivity index (χ2n) is 3.32. The van der Waals surface area contributed by atoms with Crippen LogP contribution >= 0.6 is 34.5 Å². The summed E-state index contributed by atoms with van der Waals surface area (Å²) in [5.41, 5.74) is 0.357. The number of thiophene rings is 1. The number of nitrogens with one attached hydrogen (secondary N) is 1. The topological polar surface area (TPSA) is 42.2 Å². The third kappa shape index (κ3) is 3.25. The van der Waals surface area contributed by atoms with Crippen molar-refractivity contribution < 1.29 is 9.21 Å². The Hall–Kier alpha value is -0.970. The molecule has 3 nitrogen and oxygen atoms in total. The first-order valence-electron chi connectivity index (χ1n) is 4.92. The maximum Gasteiger partial charge on any atom is 0.256 e. The van der Waals surface area contributed by atoms with Crippen LogP contribution in [0.15, 0.2) is 28.9 Å². The minimum atomic E-state index is -0.230. The lowest BCUT2D eigenvalue weighted by Gasteiger charge is -2.02. The summed E-state index contributed by atoms with van der Waals surface area (Å²) in [7, 11) is 0. The molecule has 1 N–H and O–H groups in total. The molecule has 0 bridgehead atoms. The van der Waals surface area contributed by atoms with Crippen LogP contribution in [0.25, 0.3) is 0 Å². The van der Waals surface area contributed by atoms with Crippen molar-refractivity contribution in [3.63, 3.8) is 0 Å². The Labute approximate surface area is 112 Å². The second kappa shape index (κ2) is 5.58. The summed E-state index contributed by atoms with van der Waals surface area (Å²) < 4.78 is 5.60. The second-order valence-corrected chi connectivity index (χ2v) is 5.46. The standard InChI is InChI=1S/C11H9Cl2NO2S/c12-9-2-1-7(17-9)3-5-14-11(15)8-4-6-16-10(8)13/h1-2,4,6H,3,5H2,(H,14,15). The minimum absolute atomic E-state index is 0.113. The molecule has 0 aliphatic heterocycles. The molecule has 2 rings (SSSR count). The quantitative estimate of drug-likeness (QED) is 0.934. The third-order valence-electron chi connectivity index (χ3n) is 2.15. The van der Waals surface area contributed by atoms with Gasteiger partial charge in [-0.1, -0.05) is 11.6 Å². The van der Waals surface area contributed by atoms with Gasteiger partial charge in [0.25, 0.3) is 5.91 Å². The van der Waals surface area contributed by atoms with E-state index in [9.17, 15) is 4.79 Å². The molecule has 2 heterocycles. The van der Waals surface area contributed by atoms with Crippen molar-refractivity contribution in [2.45, 2.75) is 6.42 Å². The number of furan rings is 1. The molecule has 0 saturated carbocycles. The molecule has 17 heavy (non-hydrogen) atoms. The molecule has 0 saturated heterocycles. The highest BCUT2D eigenvalue weighted by Crippen LogP contribution is 2.21. The number of hydrogen-bond acceptors (Lipinski definition) is 3. The van der Waals surface area contributed by atoms with E-state index < -0.39 is 0 Å². The average Bonchev–Trinajstić information content (AvgIpc) is 2.87. The maximum atomic E-state index is 11.6. The highest BCUT2D eigenvalue weighted by molar-refractivity contribution is 7.16. The van der Waals surface area contributed by atoms with Gasteiger partial charge in [-0.15, -0.1) is 11.3 Å². The Morgan fingerprint density at radius 3 is 2.76 bits per heavy atom. The van der Waals surface area contributed by atoms with Crippen LogP contribution in [0.4, 0.5) is 0 Å². The molecule has 2 aromatic heterocycles. The summed E-state index contributed by atoms with van der Waals surface area (Å²) in [4.78, 5) is 12.8. The Kier molecular flexibility index (Phi) is 4.10. The fraction of sp³-hybridized carbons (Fsp3) is 0.182. The number of rotatable bonds is 4. The highest BCUT2D eigenvalue weighted by Gasteiger charge is 2.12. The lowest BCUT2D eigenvalue weighted by molar-refractivity contribution is 0.0954. The zero-order valence-corrected chi connectivity index (χ0v) is 11.0. The minimum Gasteiger partial charge on any atom is -0.452 e. The lowest BCUT2D eigenvalue weighted by Crippen LogP contribution is -2.25. The first-order chi connectivity index (χ1) is 8.16. The van der Waals surface area contributed by atoms with Crippen molar-refractivity contribution in [3.05, 3.63) is 44.5 Å². The number of hydrogen-bond donors (Lipinski definition) is 1. The monoisotopic (exact) mass is 289 g/mol. The smallest absolute Gasteiger partial charge is 0.256 e. The van der Waals surface area contributed by atoms with Gasteiger partial charge in [0.05, 0.1) is 16.2 Å². The normalized spacial score (nSPS) is 10.5. The molecule has 6 heteroatoms. The Bertz CT molecular complexity index is 521. The van der Waals surface area contributed by atoms with E-state index in [1.54, 1.807) is 6.07 Å². The van der Waals surface area contributed by atoms with Gasteiger partial charge in [-0.3, -0.25) is 4.79 Å². The summed E-state index contributed by atoms with van der Waals surface area (Å²) in [6, 6.07) is 5.33. The lowest BCUT2D eigenvalue weighted by atomic mass is 10.3. The summed E-state index contributed by atoms with van der Waals surface area (Å²) in [5.74, 6) is -0.230. The molecule has 1 amide bonds. The van der Waals surface area contributed by atoms with Crippen LogP contribution in [-0.2, 0) is 6.42 Å². The SMILES string of the molecule is O=C(NCCc1ccc(Cl)s1)c1ccoc1Cl. The maximum absolute atomic E-state index is 11.6. The van der Waals surface area contributed by atoms with Gasteiger partial charge in [-0.05, 0) is 36.2 Å². The van der Waals surface area contributed by atoms with Crippen LogP contribution in [-0.4, -0.2) is 12.5 Å². The van der Waals surface area contributed by atoms with Crippen LogP contribution in [0.3, 0.4) is 0 Å². The highest BCUT2D eigenvalue weighted by atomic mass is 35.5. The van der Waals surface area contributed by atoms with Gasteiger partial charge in [0.1, 0.15) is 0 Å². The molecule has 0 aromatic carbocycles. The van der Waals surface area contributed by atoms with E-state index in [2.05, 4.69) is 5.32 Å². The summed E-state index contributed by atoms with van der Waals surface area (Å²) in [6.45, 7) is 0.539. The molecule has 2 aromatic rings. The summed E-state index contributed by atoms with van der Waals surface area (Å²) >= 11 is 13.0. The predicted octanol–water partition coefficient (Wildman–Crippen LogP) is 3.62. The van der Waals surface area contributed by atoms with E-state index in [4.69, 9.17) is 27.6 Å². The molecule has 0 fully saturated rings. The van der Waals surface area contributed by atoms with E-state index in [0.29, 0.717) is 12.1 Å². The Morgan fingerprint density at radius 1 is 1.35 bits per heavy atom. The Morgan fingerprint density at radius 2 is 2.18 bits per heavy atom. The number of halogens is 2. The van der Waals surface area contributed by atoms with Crippen molar-refractivity contribution in [1.82, 2.24) is 5.32 Å². The zero-order valence-electron chi connectivity index (χ0n) is 8.70. The summed E-state index contributed by atoms with van der Waals surface area (Å²) in [6.07, 6.45) is 2.13. The molecule has 0 aliphatic carbocycles. The molecule has 0 unspecified atom stereocenters. The molecule has 90 valence electrons. The van der Waals surface area contributed by atoms with Crippen molar-refractivity contribution >= 4 is 40.4 Å².